The van der Waals surface area contributed by atoms with Crippen molar-refractivity contribution in [2.45, 2.75) is 37.3 Å². The summed E-state index contributed by atoms with van der Waals surface area (Å²) in [6, 6.07) is 9.66. The number of rotatable bonds is 6. The number of phenolic OH excluding ortho intramolecular Hbond substituents is 2. The lowest BCUT2D eigenvalue weighted by atomic mass is 9.99. The molecule has 1 saturated heterocycles. The highest BCUT2D eigenvalue weighted by atomic mass is 16.7. The Bertz CT molecular complexity index is 866. The van der Waals surface area contributed by atoms with Crippen molar-refractivity contribution >= 4 is 5.97 Å². The van der Waals surface area contributed by atoms with E-state index in [1.54, 1.807) is 0 Å². The first-order valence-corrected chi connectivity index (χ1v) is 9.05. The van der Waals surface area contributed by atoms with E-state index in [1.165, 1.54) is 42.5 Å². The first kappa shape index (κ1) is 21.8. The molecule has 1 heterocycles. The van der Waals surface area contributed by atoms with E-state index in [0.29, 0.717) is 5.56 Å². The number of aliphatic hydroxyl groups excluding tert-OH is 4. The van der Waals surface area contributed by atoms with Crippen molar-refractivity contribution in [2.75, 3.05) is 6.61 Å². The van der Waals surface area contributed by atoms with Crippen LogP contribution in [0.15, 0.2) is 42.5 Å². The van der Waals surface area contributed by atoms with Crippen LogP contribution in [0.25, 0.3) is 0 Å². The smallest absolute Gasteiger partial charge is 0.338 e. The number of phenols is 2. The van der Waals surface area contributed by atoms with Crippen LogP contribution in [0.3, 0.4) is 0 Å². The Balaban J connectivity index is 1.62. The monoisotopic (exact) mass is 422 g/mol. The van der Waals surface area contributed by atoms with Gasteiger partial charge in [-0.1, -0.05) is 6.07 Å². The SMILES string of the molecule is O=C(OCc1ccc(O[C@@H]2O[C@H](CO)[C@@H](O)[C@@H](O)[C@H]2O)c(O)c1)c1ccc(O)cc1. The molecule has 0 unspecified atom stereocenters. The van der Waals surface area contributed by atoms with Gasteiger partial charge in [-0.05, 0) is 42.0 Å². The van der Waals surface area contributed by atoms with E-state index < -0.39 is 43.3 Å². The van der Waals surface area contributed by atoms with Crippen LogP contribution in [-0.4, -0.2) is 73.9 Å². The number of hydrogen-bond donors (Lipinski definition) is 6. The van der Waals surface area contributed by atoms with E-state index in [2.05, 4.69) is 0 Å². The van der Waals surface area contributed by atoms with E-state index in [-0.39, 0.29) is 29.4 Å². The molecule has 10 nitrogen and oxygen atoms in total. The number of aliphatic hydroxyl groups is 4. The van der Waals surface area contributed by atoms with Gasteiger partial charge in [-0.2, -0.15) is 0 Å². The summed E-state index contributed by atoms with van der Waals surface area (Å²) in [6.07, 6.45) is -7.34. The number of aromatic hydroxyl groups is 2. The maximum absolute atomic E-state index is 12.0. The first-order valence-electron chi connectivity index (χ1n) is 9.05. The molecule has 0 bridgehead atoms. The van der Waals surface area contributed by atoms with Gasteiger partial charge in [0, 0.05) is 0 Å². The highest BCUT2D eigenvalue weighted by Gasteiger charge is 2.44. The molecule has 6 N–H and O–H groups in total. The summed E-state index contributed by atoms with van der Waals surface area (Å²) < 4.78 is 15.7. The van der Waals surface area contributed by atoms with Crippen molar-refractivity contribution in [3.05, 3.63) is 53.6 Å². The lowest BCUT2D eigenvalue weighted by Gasteiger charge is -2.39. The molecule has 1 fully saturated rings. The van der Waals surface area contributed by atoms with E-state index in [4.69, 9.17) is 14.2 Å². The van der Waals surface area contributed by atoms with E-state index in [9.17, 15) is 35.4 Å². The molecule has 1 aliphatic heterocycles. The predicted octanol–water partition coefficient (Wildman–Crippen LogP) is -0.367. The Labute approximate surface area is 171 Å². The van der Waals surface area contributed by atoms with Crippen molar-refractivity contribution in [1.29, 1.82) is 0 Å². The van der Waals surface area contributed by atoms with Crippen LogP contribution in [0, 0.1) is 0 Å². The molecular weight excluding hydrogens is 400 g/mol. The fourth-order valence-corrected chi connectivity index (χ4v) is 2.87. The van der Waals surface area contributed by atoms with Gasteiger partial charge in [0.1, 0.15) is 36.8 Å². The second-order valence-corrected chi connectivity index (χ2v) is 6.74. The summed E-state index contributed by atoms with van der Waals surface area (Å²) in [5.41, 5.74) is 0.695. The zero-order valence-electron chi connectivity index (χ0n) is 15.7. The van der Waals surface area contributed by atoms with Crippen LogP contribution >= 0.6 is 0 Å². The largest absolute Gasteiger partial charge is 0.508 e. The second-order valence-electron chi connectivity index (χ2n) is 6.74. The van der Waals surface area contributed by atoms with Crippen LogP contribution in [0.2, 0.25) is 0 Å². The summed E-state index contributed by atoms with van der Waals surface area (Å²) in [5.74, 6) is -1.03. The molecular formula is C20H22O10. The van der Waals surface area contributed by atoms with Crippen LogP contribution in [0.4, 0.5) is 0 Å². The maximum atomic E-state index is 12.0. The summed E-state index contributed by atoms with van der Waals surface area (Å²) in [7, 11) is 0. The standard InChI is InChI=1S/C20H22O10/c21-8-15-16(24)17(25)18(26)20(30-15)29-14-6-1-10(7-13(14)23)9-28-19(27)11-2-4-12(22)5-3-11/h1-7,15-18,20-26H,8-9H2/t15-,16-,17-,18-,20-/m1/s1. The Kier molecular flexibility index (Phi) is 6.75. The highest BCUT2D eigenvalue weighted by molar-refractivity contribution is 5.89. The van der Waals surface area contributed by atoms with E-state index in [1.807, 2.05) is 0 Å². The molecule has 5 atom stereocenters. The fourth-order valence-electron chi connectivity index (χ4n) is 2.87. The molecule has 0 amide bonds. The van der Waals surface area contributed by atoms with Gasteiger partial charge in [0.05, 0.1) is 12.2 Å². The molecule has 1 aliphatic rings. The molecule has 0 spiro atoms. The van der Waals surface area contributed by atoms with Crippen molar-refractivity contribution in [2.24, 2.45) is 0 Å². The third kappa shape index (κ3) is 4.81. The molecule has 3 rings (SSSR count). The Hall–Kier alpha value is -2.89. The second kappa shape index (κ2) is 9.28. The van der Waals surface area contributed by atoms with E-state index >= 15 is 0 Å². The fraction of sp³-hybridized carbons (Fsp3) is 0.350. The molecule has 30 heavy (non-hydrogen) atoms. The molecule has 2 aromatic rings. The van der Waals surface area contributed by atoms with Gasteiger partial charge in [0.15, 0.2) is 11.5 Å². The summed E-state index contributed by atoms with van der Waals surface area (Å²) >= 11 is 0. The molecule has 0 aromatic heterocycles. The highest BCUT2D eigenvalue weighted by Crippen LogP contribution is 2.31. The lowest BCUT2D eigenvalue weighted by Crippen LogP contribution is -2.60. The van der Waals surface area contributed by atoms with Crippen molar-refractivity contribution in [3.8, 4) is 17.2 Å². The van der Waals surface area contributed by atoms with E-state index in [0.717, 1.165) is 0 Å². The van der Waals surface area contributed by atoms with Crippen molar-refractivity contribution < 1.29 is 49.6 Å². The van der Waals surface area contributed by atoms with Gasteiger partial charge in [-0.25, -0.2) is 4.79 Å². The van der Waals surface area contributed by atoms with Crippen molar-refractivity contribution in [3.63, 3.8) is 0 Å². The minimum absolute atomic E-state index is 0.0199. The zero-order chi connectivity index (χ0) is 21.8. The molecule has 0 radical (unpaired) electrons. The number of ether oxygens (including phenoxy) is 3. The summed E-state index contributed by atoms with van der Waals surface area (Å²) in [6.45, 7) is -0.754. The summed E-state index contributed by atoms with van der Waals surface area (Å²) in [5, 5.41) is 58.2. The number of carbonyl (C=O) groups is 1. The third-order valence-electron chi connectivity index (χ3n) is 4.59. The Morgan fingerprint density at radius 2 is 1.67 bits per heavy atom. The third-order valence-corrected chi connectivity index (χ3v) is 4.59. The molecule has 0 saturated carbocycles. The molecule has 0 aliphatic carbocycles. The average molecular weight is 422 g/mol. The quantitative estimate of drug-likeness (QED) is 0.338. The lowest BCUT2D eigenvalue weighted by molar-refractivity contribution is -0.277. The van der Waals surface area contributed by atoms with Gasteiger partial charge in [0.25, 0.3) is 0 Å². The van der Waals surface area contributed by atoms with Crippen LogP contribution in [0.1, 0.15) is 15.9 Å². The zero-order valence-corrected chi connectivity index (χ0v) is 15.7. The Morgan fingerprint density at radius 1 is 0.967 bits per heavy atom. The average Bonchev–Trinajstić information content (AvgIpc) is 2.74. The predicted molar refractivity (Wildman–Crippen MR) is 99.7 cm³/mol. The van der Waals surface area contributed by atoms with Gasteiger partial charge in [-0.3, -0.25) is 0 Å². The number of benzene rings is 2. The summed E-state index contributed by atoms with van der Waals surface area (Å²) in [4.78, 5) is 12.0. The Morgan fingerprint density at radius 3 is 2.30 bits per heavy atom. The van der Waals surface area contributed by atoms with Gasteiger partial charge in [-0.15, -0.1) is 0 Å². The molecule has 10 heteroatoms. The van der Waals surface area contributed by atoms with Gasteiger partial charge >= 0.3 is 5.97 Å². The van der Waals surface area contributed by atoms with Crippen LogP contribution in [-0.2, 0) is 16.1 Å². The van der Waals surface area contributed by atoms with Crippen LogP contribution in [0.5, 0.6) is 17.2 Å². The minimum atomic E-state index is -1.62. The minimum Gasteiger partial charge on any atom is -0.508 e. The maximum Gasteiger partial charge on any atom is 0.338 e. The van der Waals surface area contributed by atoms with Crippen molar-refractivity contribution in [1.82, 2.24) is 0 Å². The number of carbonyl (C=O) groups excluding carboxylic acids is 1. The number of hydrogen-bond acceptors (Lipinski definition) is 10. The molecule has 162 valence electrons. The molecule has 2 aromatic carbocycles. The number of esters is 1. The first-order chi connectivity index (χ1) is 14.3. The van der Waals surface area contributed by atoms with Crippen LogP contribution < -0.4 is 4.74 Å². The van der Waals surface area contributed by atoms with Gasteiger partial charge < -0.3 is 44.8 Å². The normalized spacial score (nSPS) is 26.2. The topological polar surface area (TPSA) is 166 Å². The van der Waals surface area contributed by atoms with Gasteiger partial charge in [0.2, 0.25) is 6.29 Å².